The summed E-state index contributed by atoms with van der Waals surface area (Å²) in [7, 11) is 1.70. The van der Waals surface area contributed by atoms with Gasteiger partial charge in [-0.25, -0.2) is 0 Å². The highest BCUT2D eigenvalue weighted by atomic mass is 16.5. The zero-order chi connectivity index (χ0) is 11.8. The van der Waals surface area contributed by atoms with E-state index in [-0.39, 0.29) is 0 Å². The third-order valence-electron chi connectivity index (χ3n) is 2.99. The van der Waals surface area contributed by atoms with Gasteiger partial charge in [-0.3, -0.25) is 0 Å². The molecule has 0 aliphatic rings. The summed E-state index contributed by atoms with van der Waals surface area (Å²) < 4.78 is 5.13. The predicted octanol–water partition coefficient (Wildman–Crippen LogP) is 3.02. The van der Waals surface area contributed by atoms with Crippen LogP contribution in [0.5, 0.6) is 5.75 Å². The van der Waals surface area contributed by atoms with Crippen molar-refractivity contribution in [3.8, 4) is 5.75 Å². The zero-order valence-electron chi connectivity index (χ0n) is 10.6. The second kappa shape index (κ2) is 7.29. The molecule has 0 radical (unpaired) electrons. The van der Waals surface area contributed by atoms with E-state index in [9.17, 15) is 0 Å². The molecule has 0 saturated heterocycles. The van der Waals surface area contributed by atoms with Gasteiger partial charge >= 0.3 is 0 Å². The Labute approximate surface area is 99.0 Å². The number of ether oxygens (including phenoxy) is 1. The summed E-state index contributed by atoms with van der Waals surface area (Å²) in [5.74, 6) is 0.928. The summed E-state index contributed by atoms with van der Waals surface area (Å²) in [5.41, 5.74) is 1.36. The van der Waals surface area contributed by atoms with Crippen LogP contribution in [0.4, 0.5) is 0 Å². The molecular formula is C14H23NO. The van der Waals surface area contributed by atoms with Gasteiger partial charge in [-0.1, -0.05) is 26.0 Å². The maximum Gasteiger partial charge on any atom is 0.118 e. The fourth-order valence-electron chi connectivity index (χ4n) is 1.79. The minimum Gasteiger partial charge on any atom is -0.497 e. The van der Waals surface area contributed by atoms with Crippen LogP contribution in [0.15, 0.2) is 24.3 Å². The average Bonchev–Trinajstić information content (AvgIpc) is 2.35. The summed E-state index contributed by atoms with van der Waals surface area (Å²) in [5, 5.41) is 3.56. The van der Waals surface area contributed by atoms with Crippen molar-refractivity contribution in [2.45, 2.75) is 39.2 Å². The lowest BCUT2D eigenvalue weighted by atomic mass is 10.1. The van der Waals surface area contributed by atoms with Crippen LogP contribution in [0.2, 0.25) is 0 Å². The normalized spacial score (nSPS) is 10.8. The first-order chi connectivity index (χ1) is 7.80. The fraction of sp³-hybridized carbons (Fsp3) is 0.571. The Morgan fingerprint density at radius 3 is 2.25 bits per heavy atom. The molecule has 0 spiro atoms. The van der Waals surface area contributed by atoms with Gasteiger partial charge < -0.3 is 10.1 Å². The summed E-state index contributed by atoms with van der Waals surface area (Å²) in [6, 6.07) is 8.97. The van der Waals surface area contributed by atoms with Crippen molar-refractivity contribution in [2.75, 3.05) is 13.7 Å². The Balaban J connectivity index is 2.31. The molecule has 1 N–H and O–H groups in total. The molecule has 0 bridgehead atoms. The fourth-order valence-corrected chi connectivity index (χ4v) is 1.79. The molecule has 16 heavy (non-hydrogen) atoms. The minimum atomic E-state index is 0.665. The van der Waals surface area contributed by atoms with E-state index >= 15 is 0 Å². The number of hydrogen-bond acceptors (Lipinski definition) is 2. The largest absolute Gasteiger partial charge is 0.497 e. The maximum atomic E-state index is 5.13. The van der Waals surface area contributed by atoms with Gasteiger partial charge in [0.15, 0.2) is 0 Å². The lowest BCUT2D eigenvalue weighted by Gasteiger charge is -2.14. The van der Waals surface area contributed by atoms with Gasteiger partial charge in [0.2, 0.25) is 0 Å². The van der Waals surface area contributed by atoms with Crippen molar-refractivity contribution in [3.05, 3.63) is 29.8 Å². The van der Waals surface area contributed by atoms with E-state index in [0.29, 0.717) is 6.04 Å². The quantitative estimate of drug-likeness (QED) is 0.764. The highest BCUT2D eigenvalue weighted by Crippen LogP contribution is 2.11. The van der Waals surface area contributed by atoms with Gasteiger partial charge in [-0.05, 0) is 43.5 Å². The minimum absolute atomic E-state index is 0.665. The molecule has 1 aromatic rings. The Morgan fingerprint density at radius 1 is 1.12 bits per heavy atom. The topological polar surface area (TPSA) is 21.3 Å². The summed E-state index contributed by atoms with van der Waals surface area (Å²) in [6.45, 7) is 5.52. The van der Waals surface area contributed by atoms with Crippen LogP contribution in [-0.2, 0) is 6.42 Å². The third kappa shape index (κ3) is 4.23. The first-order valence-electron chi connectivity index (χ1n) is 6.16. The first-order valence-corrected chi connectivity index (χ1v) is 6.16. The molecule has 0 aromatic heterocycles. The molecular weight excluding hydrogens is 198 g/mol. The van der Waals surface area contributed by atoms with Crippen LogP contribution >= 0.6 is 0 Å². The van der Waals surface area contributed by atoms with E-state index in [1.54, 1.807) is 7.11 Å². The highest BCUT2D eigenvalue weighted by molar-refractivity contribution is 5.27. The monoisotopic (exact) mass is 221 g/mol. The van der Waals surface area contributed by atoms with Crippen LogP contribution in [0.25, 0.3) is 0 Å². The second-order valence-electron chi connectivity index (χ2n) is 4.07. The zero-order valence-corrected chi connectivity index (χ0v) is 10.6. The Morgan fingerprint density at radius 2 is 1.75 bits per heavy atom. The van der Waals surface area contributed by atoms with Gasteiger partial charge in [0.1, 0.15) is 5.75 Å². The maximum absolute atomic E-state index is 5.13. The van der Waals surface area contributed by atoms with E-state index in [2.05, 4.69) is 31.3 Å². The second-order valence-corrected chi connectivity index (χ2v) is 4.07. The van der Waals surface area contributed by atoms with Crippen molar-refractivity contribution in [3.63, 3.8) is 0 Å². The van der Waals surface area contributed by atoms with Gasteiger partial charge in [-0.15, -0.1) is 0 Å². The summed E-state index contributed by atoms with van der Waals surface area (Å²) in [6.07, 6.45) is 3.50. The van der Waals surface area contributed by atoms with Gasteiger partial charge in [0, 0.05) is 6.04 Å². The van der Waals surface area contributed by atoms with Gasteiger partial charge in [-0.2, -0.15) is 0 Å². The van der Waals surface area contributed by atoms with E-state index in [4.69, 9.17) is 4.74 Å². The van der Waals surface area contributed by atoms with Crippen LogP contribution in [0.1, 0.15) is 32.3 Å². The summed E-state index contributed by atoms with van der Waals surface area (Å²) in [4.78, 5) is 0. The molecule has 0 fully saturated rings. The van der Waals surface area contributed by atoms with Crippen molar-refractivity contribution >= 4 is 0 Å². The molecule has 2 nitrogen and oxygen atoms in total. The number of benzene rings is 1. The standard InChI is InChI=1S/C14H23NO/c1-4-13(5-2)15-11-10-12-6-8-14(16-3)9-7-12/h6-9,13,15H,4-5,10-11H2,1-3H3. The van der Waals surface area contributed by atoms with Crippen molar-refractivity contribution in [2.24, 2.45) is 0 Å². The van der Waals surface area contributed by atoms with Crippen LogP contribution in [0, 0.1) is 0 Å². The molecule has 0 aliphatic carbocycles. The number of rotatable bonds is 7. The van der Waals surface area contributed by atoms with Crippen LogP contribution in [0.3, 0.4) is 0 Å². The molecule has 0 unspecified atom stereocenters. The van der Waals surface area contributed by atoms with Crippen molar-refractivity contribution in [1.82, 2.24) is 5.32 Å². The smallest absolute Gasteiger partial charge is 0.118 e. The van der Waals surface area contributed by atoms with Crippen LogP contribution < -0.4 is 10.1 Å². The molecule has 0 atom stereocenters. The van der Waals surface area contributed by atoms with Gasteiger partial charge in [0.05, 0.1) is 7.11 Å². The molecule has 1 aromatic carbocycles. The molecule has 0 amide bonds. The average molecular weight is 221 g/mol. The lowest BCUT2D eigenvalue weighted by molar-refractivity contribution is 0.414. The van der Waals surface area contributed by atoms with Crippen molar-refractivity contribution < 1.29 is 4.74 Å². The number of methoxy groups -OCH3 is 1. The molecule has 90 valence electrons. The number of nitrogens with one attached hydrogen (secondary N) is 1. The lowest BCUT2D eigenvalue weighted by Crippen LogP contribution is -2.29. The molecule has 0 heterocycles. The van der Waals surface area contributed by atoms with E-state index in [1.807, 2.05) is 12.1 Å². The Kier molecular flexibility index (Phi) is 5.94. The molecule has 2 heteroatoms. The molecule has 0 aliphatic heterocycles. The van der Waals surface area contributed by atoms with Gasteiger partial charge in [0.25, 0.3) is 0 Å². The van der Waals surface area contributed by atoms with Crippen LogP contribution in [-0.4, -0.2) is 19.7 Å². The van der Waals surface area contributed by atoms with Crippen molar-refractivity contribution in [1.29, 1.82) is 0 Å². The van der Waals surface area contributed by atoms with E-state index in [0.717, 1.165) is 18.7 Å². The summed E-state index contributed by atoms with van der Waals surface area (Å²) >= 11 is 0. The highest BCUT2D eigenvalue weighted by Gasteiger charge is 2.01. The van der Waals surface area contributed by atoms with E-state index in [1.165, 1.54) is 18.4 Å². The first kappa shape index (κ1) is 13.0. The SMILES string of the molecule is CCC(CC)NCCc1ccc(OC)cc1. The molecule has 0 saturated carbocycles. The Hall–Kier alpha value is -1.02. The predicted molar refractivity (Wildman–Crippen MR) is 69.1 cm³/mol. The third-order valence-corrected chi connectivity index (χ3v) is 2.99. The Bertz CT molecular complexity index is 277. The molecule has 1 rings (SSSR count). The van der Waals surface area contributed by atoms with E-state index < -0.39 is 0 Å². The number of hydrogen-bond donors (Lipinski definition) is 1.